The highest BCUT2D eigenvalue weighted by Gasteiger charge is 2.01. The van der Waals surface area contributed by atoms with Gasteiger partial charge in [0.2, 0.25) is 0 Å². The lowest BCUT2D eigenvalue weighted by Crippen LogP contribution is -1.95. The summed E-state index contributed by atoms with van der Waals surface area (Å²) in [5.41, 5.74) is 1.12. The van der Waals surface area contributed by atoms with Crippen molar-refractivity contribution in [1.82, 2.24) is 0 Å². The maximum Gasteiger partial charge on any atom is 0.150 e. The Bertz CT molecular complexity index is 348. The molecule has 0 spiro atoms. The van der Waals surface area contributed by atoms with Crippen LogP contribution in [0.4, 0.5) is 0 Å². The van der Waals surface area contributed by atoms with Crippen LogP contribution in [0.3, 0.4) is 0 Å². The van der Waals surface area contributed by atoms with Crippen LogP contribution in [0, 0.1) is 19.3 Å². The van der Waals surface area contributed by atoms with Gasteiger partial charge in [0, 0.05) is 5.56 Å². The Balaban J connectivity index is 3.09. The Morgan fingerprint density at radius 1 is 1.62 bits per heavy atom. The first-order chi connectivity index (χ1) is 6.31. The number of hydrogen-bond acceptors (Lipinski definition) is 2. The van der Waals surface area contributed by atoms with Crippen molar-refractivity contribution < 1.29 is 9.53 Å². The Labute approximate surface area is 77.5 Å². The second-order valence-electron chi connectivity index (χ2n) is 2.37. The van der Waals surface area contributed by atoms with Crippen LogP contribution in [0.2, 0.25) is 0 Å². The molecule has 2 heteroatoms. The molecule has 1 aromatic rings. The van der Waals surface area contributed by atoms with Gasteiger partial charge in [0.25, 0.3) is 0 Å². The van der Waals surface area contributed by atoms with Crippen LogP contribution in [0.15, 0.2) is 18.2 Å². The van der Waals surface area contributed by atoms with Crippen molar-refractivity contribution in [2.24, 2.45) is 0 Å². The van der Waals surface area contributed by atoms with E-state index in [1.807, 2.05) is 0 Å². The third-order valence-corrected chi connectivity index (χ3v) is 1.55. The van der Waals surface area contributed by atoms with Gasteiger partial charge in [-0.05, 0) is 25.1 Å². The van der Waals surface area contributed by atoms with Gasteiger partial charge >= 0.3 is 0 Å². The lowest BCUT2D eigenvalue weighted by atomic mass is 10.1. The van der Waals surface area contributed by atoms with Gasteiger partial charge in [-0.15, -0.1) is 6.42 Å². The molecule has 0 bridgehead atoms. The molecule has 0 unspecified atom stereocenters. The topological polar surface area (TPSA) is 26.3 Å². The normalized spacial score (nSPS) is 8.92. The third-order valence-electron chi connectivity index (χ3n) is 1.55. The fourth-order valence-corrected chi connectivity index (χ4v) is 0.970. The number of rotatable bonds is 3. The molecule has 1 radical (unpaired) electrons. The molecule has 0 N–H and O–H groups in total. The summed E-state index contributed by atoms with van der Waals surface area (Å²) in [4.78, 5) is 10.4. The summed E-state index contributed by atoms with van der Waals surface area (Å²) in [6, 6.07) is 4.93. The summed E-state index contributed by atoms with van der Waals surface area (Å²) in [5, 5.41) is 0. The molecular weight excluding hydrogens is 164 g/mol. The zero-order chi connectivity index (χ0) is 9.68. The SMILES string of the molecule is C#Cc1cc(C=O)ccc1OC[CH2]. The Morgan fingerprint density at radius 2 is 2.38 bits per heavy atom. The number of benzene rings is 1. The molecule has 0 saturated heterocycles. The lowest BCUT2D eigenvalue weighted by molar-refractivity contribution is 0.112. The summed E-state index contributed by atoms with van der Waals surface area (Å²) >= 11 is 0. The molecule has 0 amide bonds. The second-order valence-corrected chi connectivity index (χ2v) is 2.37. The van der Waals surface area contributed by atoms with Gasteiger partial charge in [0.05, 0.1) is 12.2 Å². The van der Waals surface area contributed by atoms with E-state index in [0.29, 0.717) is 23.5 Å². The van der Waals surface area contributed by atoms with E-state index in [2.05, 4.69) is 12.8 Å². The van der Waals surface area contributed by atoms with Crippen LogP contribution in [0.1, 0.15) is 15.9 Å². The molecule has 0 aliphatic carbocycles. The van der Waals surface area contributed by atoms with Crippen LogP contribution >= 0.6 is 0 Å². The minimum absolute atomic E-state index is 0.315. The predicted octanol–water partition coefficient (Wildman–Crippen LogP) is 1.69. The highest BCUT2D eigenvalue weighted by atomic mass is 16.5. The Hall–Kier alpha value is -1.75. The molecule has 0 heterocycles. The number of aldehydes is 1. The Morgan fingerprint density at radius 3 is 2.92 bits per heavy atom. The summed E-state index contributed by atoms with van der Waals surface area (Å²) < 4.78 is 5.16. The van der Waals surface area contributed by atoms with Crippen molar-refractivity contribution in [2.75, 3.05) is 6.61 Å². The second kappa shape index (κ2) is 4.32. The maximum absolute atomic E-state index is 10.4. The van der Waals surface area contributed by atoms with Crippen molar-refractivity contribution in [2.45, 2.75) is 0 Å². The first-order valence-corrected chi connectivity index (χ1v) is 3.79. The maximum atomic E-state index is 10.4. The quantitative estimate of drug-likeness (QED) is 0.513. The molecule has 2 nitrogen and oxygen atoms in total. The van der Waals surface area contributed by atoms with Crippen LogP contribution in [0.25, 0.3) is 0 Å². The van der Waals surface area contributed by atoms with Gasteiger partial charge in [-0.1, -0.05) is 5.92 Å². The molecule has 0 fully saturated rings. The van der Waals surface area contributed by atoms with E-state index < -0.39 is 0 Å². The van der Waals surface area contributed by atoms with Crippen molar-refractivity contribution in [3.8, 4) is 18.1 Å². The highest BCUT2D eigenvalue weighted by molar-refractivity contribution is 5.76. The van der Waals surface area contributed by atoms with Crippen molar-refractivity contribution in [3.63, 3.8) is 0 Å². The molecule has 0 aliphatic rings. The molecule has 0 atom stereocenters. The number of carbonyl (C=O) groups excluding carboxylic acids is 1. The smallest absolute Gasteiger partial charge is 0.150 e. The lowest BCUT2D eigenvalue weighted by Gasteiger charge is -2.05. The van der Waals surface area contributed by atoms with E-state index in [4.69, 9.17) is 11.2 Å². The summed E-state index contributed by atoms with van der Waals surface area (Å²) in [6.07, 6.45) is 5.98. The average molecular weight is 173 g/mol. The standard InChI is InChI=1S/C11H9O2/c1-3-10-7-9(8-12)5-6-11(10)13-4-2/h1,5-8H,2,4H2. The zero-order valence-corrected chi connectivity index (χ0v) is 7.12. The van der Waals surface area contributed by atoms with Crippen LogP contribution in [-0.4, -0.2) is 12.9 Å². The highest BCUT2D eigenvalue weighted by Crippen LogP contribution is 2.18. The van der Waals surface area contributed by atoms with Crippen LogP contribution < -0.4 is 4.74 Å². The van der Waals surface area contributed by atoms with Crippen LogP contribution in [-0.2, 0) is 0 Å². The number of terminal acetylenes is 1. The molecule has 0 saturated carbocycles. The number of hydrogen-bond donors (Lipinski definition) is 0. The molecule has 0 aliphatic heterocycles. The van der Waals surface area contributed by atoms with E-state index in [0.717, 1.165) is 6.29 Å². The van der Waals surface area contributed by atoms with Crippen LogP contribution in [0.5, 0.6) is 5.75 Å². The van der Waals surface area contributed by atoms with E-state index in [-0.39, 0.29) is 0 Å². The molecule has 65 valence electrons. The van der Waals surface area contributed by atoms with Gasteiger partial charge in [-0.3, -0.25) is 4.79 Å². The zero-order valence-electron chi connectivity index (χ0n) is 7.12. The predicted molar refractivity (Wildman–Crippen MR) is 50.6 cm³/mol. The van der Waals surface area contributed by atoms with Gasteiger partial charge in [-0.2, -0.15) is 0 Å². The molecule has 0 aromatic heterocycles. The number of carbonyl (C=O) groups is 1. The minimum atomic E-state index is 0.315. The van der Waals surface area contributed by atoms with Gasteiger partial charge in [-0.25, -0.2) is 0 Å². The van der Waals surface area contributed by atoms with Gasteiger partial charge in [0.1, 0.15) is 12.0 Å². The van der Waals surface area contributed by atoms with E-state index in [1.54, 1.807) is 18.2 Å². The van der Waals surface area contributed by atoms with Gasteiger partial charge in [0.15, 0.2) is 0 Å². The summed E-state index contributed by atoms with van der Waals surface area (Å²) in [6.45, 7) is 3.85. The number of ether oxygens (including phenoxy) is 1. The first-order valence-electron chi connectivity index (χ1n) is 3.79. The van der Waals surface area contributed by atoms with Crippen molar-refractivity contribution >= 4 is 6.29 Å². The molecular formula is C11H9O2. The summed E-state index contributed by atoms with van der Waals surface area (Å²) in [7, 11) is 0. The van der Waals surface area contributed by atoms with E-state index in [9.17, 15) is 4.79 Å². The largest absolute Gasteiger partial charge is 0.492 e. The summed E-state index contributed by atoms with van der Waals surface area (Å²) in [5.74, 6) is 3.03. The van der Waals surface area contributed by atoms with Crippen molar-refractivity contribution in [3.05, 3.63) is 36.2 Å². The Kier molecular flexibility index (Phi) is 3.10. The fraction of sp³-hybridized carbons (Fsp3) is 0.0909. The molecule has 13 heavy (non-hydrogen) atoms. The molecule has 1 aromatic carbocycles. The van der Waals surface area contributed by atoms with E-state index in [1.165, 1.54) is 0 Å². The monoisotopic (exact) mass is 173 g/mol. The minimum Gasteiger partial charge on any atom is -0.492 e. The third kappa shape index (κ3) is 2.09. The molecule has 1 rings (SSSR count). The first kappa shape index (κ1) is 9.34. The van der Waals surface area contributed by atoms with Crippen molar-refractivity contribution in [1.29, 1.82) is 0 Å². The van der Waals surface area contributed by atoms with Gasteiger partial charge < -0.3 is 4.74 Å². The van der Waals surface area contributed by atoms with E-state index >= 15 is 0 Å². The average Bonchev–Trinajstić information content (AvgIpc) is 2.19. The fourth-order valence-electron chi connectivity index (χ4n) is 0.970.